The van der Waals surface area contributed by atoms with Crippen LogP contribution in [0.2, 0.25) is 0 Å². The first-order chi connectivity index (χ1) is 9.92. The molecule has 116 valence electrons. The highest BCUT2D eigenvalue weighted by Gasteiger charge is 2.17. The van der Waals surface area contributed by atoms with Crippen molar-refractivity contribution >= 4 is 20.8 Å². The summed E-state index contributed by atoms with van der Waals surface area (Å²) in [7, 11) is -2.88. The van der Waals surface area contributed by atoms with Gasteiger partial charge in [-0.2, -0.15) is 0 Å². The van der Waals surface area contributed by atoms with Crippen LogP contribution in [0.3, 0.4) is 0 Å². The van der Waals surface area contributed by atoms with Gasteiger partial charge < -0.3 is 9.73 Å². The van der Waals surface area contributed by atoms with Crippen molar-refractivity contribution in [1.29, 1.82) is 0 Å². The van der Waals surface area contributed by atoms with E-state index in [2.05, 4.69) is 25.2 Å². The Bertz CT molecular complexity index is 703. The van der Waals surface area contributed by atoms with Gasteiger partial charge in [-0.05, 0) is 32.4 Å². The summed E-state index contributed by atoms with van der Waals surface area (Å²) in [5, 5.41) is 4.52. The Morgan fingerprint density at radius 3 is 2.67 bits per heavy atom. The molecule has 4 nitrogen and oxygen atoms in total. The fourth-order valence-corrected chi connectivity index (χ4v) is 3.25. The lowest BCUT2D eigenvalue weighted by Gasteiger charge is -2.12. The van der Waals surface area contributed by atoms with Gasteiger partial charge in [0.2, 0.25) is 0 Å². The molecule has 1 heterocycles. The average molecular weight is 309 g/mol. The first kappa shape index (κ1) is 16.0. The van der Waals surface area contributed by atoms with Crippen molar-refractivity contribution in [1.82, 2.24) is 5.32 Å². The monoisotopic (exact) mass is 309 g/mol. The Morgan fingerprint density at radius 1 is 1.29 bits per heavy atom. The Labute approximate surface area is 126 Å². The van der Waals surface area contributed by atoms with Gasteiger partial charge in [-0.3, -0.25) is 0 Å². The van der Waals surface area contributed by atoms with Crippen molar-refractivity contribution in [3.63, 3.8) is 0 Å². The molecule has 0 spiro atoms. The highest BCUT2D eigenvalue weighted by Crippen LogP contribution is 2.30. The molecule has 0 fully saturated rings. The van der Waals surface area contributed by atoms with E-state index in [4.69, 9.17) is 4.42 Å². The smallest absolute Gasteiger partial charge is 0.147 e. The first-order valence-corrected chi connectivity index (χ1v) is 9.40. The summed E-state index contributed by atoms with van der Waals surface area (Å²) in [5.41, 5.74) is 2.14. The van der Waals surface area contributed by atoms with Crippen LogP contribution in [-0.4, -0.2) is 27.0 Å². The Morgan fingerprint density at radius 2 is 2.00 bits per heavy atom. The summed E-state index contributed by atoms with van der Waals surface area (Å²) in [6.45, 7) is 4.84. The number of hydrogen-bond acceptors (Lipinski definition) is 4. The van der Waals surface area contributed by atoms with E-state index in [-0.39, 0.29) is 11.8 Å². The number of rotatable bonds is 7. The van der Waals surface area contributed by atoms with Crippen LogP contribution < -0.4 is 5.32 Å². The van der Waals surface area contributed by atoms with Gasteiger partial charge >= 0.3 is 0 Å². The van der Waals surface area contributed by atoms with Crippen LogP contribution in [0, 0.1) is 0 Å². The molecule has 0 amide bonds. The van der Waals surface area contributed by atoms with E-state index in [0.29, 0.717) is 13.0 Å². The van der Waals surface area contributed by atoms with Crippen LogP contribution in [0.1, 0.15) is 37.6 Å². The summed E-state index contributed by atoms with van der Waals surface area (Å²) >= 11 is 0. The minimum Gasteiger partial charge on any atom is -0.459 e. The molecule has 0 radical (unpaired) electrons. The van der Waals surface area contributed by atoms with Crippen molar-refractivity contribution in [2.24, 2.45) is 0 Å². The molecule has 0 bridgehead atoms. The Hall–Kier alpha value is -1.33. The molecule has 1 N–H and O–H groups in total. The van der Waals surface area contributed by atoms with Crippen molar-refractivity contribution < 1.29 is 12.8 Å². The summed E-state index contributed by atoms with van der Waals surface area (Å²) in [5.74, 6) is 1.17. The summed E-state index contributed by atoms with van der Waals surface area (Å²) in [4.78, 5) is 0. The van der Waals surface area contributed by atoms with E-state index in [1.165, 1.54) is 17.2 Å². The minimum absolute atomic E-state index is 0.0758. The molecular formula is C16H23NO3S. The van der Waals surface area contributed by atoms with E-state index in [1.807, 2.05) is 18.2 Å². The molecule has 1 atom stereocenters. The summed E-state index contributed by atoms with van der Waals surface area (Å²) in [6.07, 6.45) is 2.80. The van der Waals surface area contributed by atoms with Crippen molar-refractivity contribution in [2.75, 3.05) is 18.6 Å². The highest BCUT2D eigenvalue weighted by atomic mass is 32.2. The zero-order valence-electron chi connectivity index (χ0n) is 12.8. The number of benzene rings is 1. The van der Waals surface area contributed by atoms with E-state index in [9.17, 15) is 8.42 Å². The van der Waals surface area contributed by atoms with Crippen molar-refractivity contribution in [3.8, 4) is 0 Å². The summed E-state index contributed by atoms with van der Waals surface area (Å²) < 4.78 is 28.2. The second kappa shape index (κ2) is 6.62. The molecule has 5 heteroatoms. The number of aryl methyl sites for hydroxylation is 1. The molecule has 0 aliphatic heterocycles. The van der Waals surface area contributed by atoms with Gasteiger partial charge in [-0.25, -0.2) is 8.42 Å². The summed E-state index contributed by atoms with van der Waals surface area (Å²) in [6, 6.07) is 8.13. The Kier molecular flexibility index (Phi) is 5.06. The molecule has 2 rings (SSSR count). The predicted molar refractivity (Wildman–Crippen MR) is 86.3 cm³/mol. The van der Waals surface area contributed by atoms with Crippen LogP contribution in [-0.2, 0) is 16.3 Å². The van der Waals surface area contributed by atoms with Crippen LogP contribution in [0.4, 0.5) is 0 Å². The molecule has 2 aromatic rings. The van der Waals surface area contributed by atoms with E-state index >= 15 is 0 Å². The zero-order chi connectivity index (χ0) is 15.5. The molecule has 21 heavy (non-hydrogen) atoms. The highest BCUT2D eigenvalue weighted by molar-refractivity contribution is 7.90. The molecule has 1 unspecified atom stereocenters. The van der Waals surface area contributed by atoms with Gasteiger partial charge in [0.05, 0.1) is 11.8 Å². The normalized spacial score (nSPS) is 13.7. The second-order valence-electron chi connectivity index (χ2n) is 5.45. The van der Waals surface area contributed by atoms with Crippen molar-refractivity contribution in [3.05, 3.63) is 35.6 Å². The zero-order valence-corrected chi connectivity index (χ0v) is 13.7. The fraction of sp³-hybridized carbons (Fsp3) is 0.500. The number of fused-ring (bicyclic) bond motifs is 1. The SMILES string of the molecule is CCc1c(C(C)NCCCS(C)(=O)=O)oc2ccccc12. The first-order valence-electron chi connectivity index (χ1n) is 7.33. The quantitative estimate of drug-likeness (QED) is 0.799. The van der Waals surface area contributed by atoms with Gasteiger partial charge in [0.25, 0.3) is 0 Å². The standard InChI is InChI=1S/C16H23NO3S/c1-4-13-14-8-5-6-9-15(14)20-16(13)12(2)17-10-7-11-21(3,18)19/h5-6,8-9,12,17H,4,7,10-11H2,1-3H3. The van der Waals surface area contributed by atoms with Gasteiger partial charge in [-0.15, -0.1) is 0 Å². The minimum atomic E-state index is -2.88. The van der Waals surface area contributed by atoms with Gasteiger partial charge in [0, 0.05) is 17.2 Å². The number of sulfone groups is 1. The van der Waals surface area contributed by atoms with E-state index in [0.717, 1.165) is 17.8 Å². The number of nitrogens with one attached hydrogen (secondary N) is 1. The maximum Gasteiger partial charge on any atom is 0.147 e. The van der Waals surface area contributed by atoms with Crippen LogP contribution in [0.15, 0.2) is 28.7 Å². The molecule has 0 aliphatic rings. The third kappa shape index (κ3) is 4.08. The van der Waals surface area contributed by atoms with Crippen LogP contribution in [0.5, 0.6) is 0 Å². The van der Waals surface area contributed by atoms with Gasteiger partial charge in [-0.1, -0.05) is 25.1 Å². The number of furan rings is 1. The molecule has 0 saturated heterocycles. The maximum atomic E-state index is 11.1. The molecular weight excluding hydrogens is 286 g/mol. The van der Waals surface area contributed by atoms with Gasteiger partial charge in [0.1, 0.15) is 21.2 Å². The lowest BCUT2D eigenvalue weighted by atomic mass is 10.1. The third-order valence-electron chi connectivity index (χ3n) is 3.62. The van der Waals surface area contributed by atoms with Crippen LogP contribution >= 0.6 is 0 Å². The number of para-hydroxylation sites is 1. The Balaban J connectivity index is 2.07. The largest absolute Gasteiger partial charge is 0.459 e. The molecule has 1 aromatic heterocycles. The molecule has 1 aromatic carbocycles. The molecule has 0 aliphatic carbocycles. The van der Waals surface area contributed by atoms with Gasteiger partial charge in [0.15, 0.2) is 0 Å². The second-order valence-corrected chi connectivity index (χ2v) is 7.71. The van der Waals surface area contributed by atoms with E-state index in [1.54, 1.807) is 0 Å². The average Bonchev–Trinajstić information content (AvgIpc) is 2.81. The number of hydrogen-bond donors (Lipinski definition) is 1. The fourth-order valence-electron chi connectivity index (χ4n) is 2.58. The van der Waals surface area contributed by atoms with E-state index < -0.39 is 9.84 Å². The lowest BCUT2D eigenvalue weighted by molar-refractivity contribution is 0.447. The lowest BCUT2D eigenvalue weighted by Crippen LogP contribution is -2.22. The topological polar surface area (TPSA) is 59.3 Å². The molecule has 0 saturated carbocycles. The maximum absolute atomic E-state index is 11.1. The van der Waals surface area contributed by atoms with Crippen molar-refractivity contribution in [2.45, 2.75) is 32.7 Å². The third-order valence-corrected chi connectivity index (χ3v) is 4.65. The predicted octanol–water partition coefficient (Wildman–Crippen LogP) is 3.08. The van der Waals surface area contributed by atoms with Crippen LogP contribution in [0.25, 0.3) is 11.0 Å².